The molecule has 2 aromatic carbocycles. The average Bonchev–Trinajstić information content (AvgIpc) is 3.09. The zero-order valence-electron chi connectivity index (χ0n) is 16.5. The smallest absolute Gasteiger partial charge is 0.289 e. The van der Waals surface area contributed by atoms with Gasteiger partial charge in [0.2, 0.25) is 0 Å². The molecule has 1 amide bonds. The largest absolute Gasteiger partial charge is 0.451 e. The van der Waals surface area contributed by atoms with Crippen molar-refractivity contribution in [2.24, 2.45) is 0 Å². The molecular weight excluding hydrogens is 355 g/mol. The maximum atomic E-state index is 13.1. The number of amides is 1. The Kier molecular flexibility index (Phi) is 4.94. The van der Waals surface area contributed by atoms with E-state index in [9.17, 15) is 9.18 Å². The summed E-state index contributed by atoms with van der Waals surface area (Å²) < 4.78 is 19.0. The Bertz CT molecular complexity index is 996. The van der Waals surface area contributed by atoms with Crippen LogP contribution in [0.15, 0.2) is 52.9 Å². The number of halogens is 1. The molecule has 1 aliphatic heterocycles. The van der Waals surface area contributed by atoms with E-state index in [2.05, 4.69) is 18.7 Å². The lowest BCUT2D eigenvalue weighted by Crippen LogP contribution is -2.57. The first-order valence-corrected chi connectivity index (χ1v) is 9.70. The van der Waals surface area contributed by atoms with Gasteiger partial charge in [0.1, 0.15) is 11.4 Å². The van der Waals surface area contributed by atoms with Gasteiger partial charge in [-0.05, 0) is 56.2 Å². The van der Waals surface area contributed by atoms with Crippen molar-refractivity contribution in [2.75, 3.05) is 13.1 Å². The number of fused-ring (bicyclic) bond motifs is 1. The highest BCUT2D eigenvalue weighted by molar-refractivity contribution is 5.96. The standard InChI is InChI=1S/C23H25FN2O2/c1-15-4-7-19-11-22(28-21(19)10-15)23(27)26-13-16(2)25(12-17(26)3)14-18-5-8-20(24)9-6-18/h4-11,16-17H,12-14H2,1-3H3/t16-,17+/m1/s1. The number of carbonyl (C=O) groups is 1. The Morgan fingerprint density at radius 1 is 1.07 bits per heavy atom. The molecule has 0 saturated carbocycles. The monoisotopic (exact) mass is 380 g/mol. The minimum atomic E-state index is -0.221. The SMILES string of the molecule is Cc1ccc2cc(C(=O)N3C[C@@H](C)N(Cc4ccc(F)cc4)C[C@@H]3C)oc2c1. The lowest BCUT2D eigenvalue weighted by atomic mass is 10.1. The predicted molar refractivity (Wildman–Crippen MR) is 108 cm³/mol. The van der Waals surface area contributed by atoms with Gasteiger partial charge in [0, 0.05) is 37.1 Å². The van der Waals surface area contributed by atoms with E-state index in [1.807, 2.05) is 48.2 Å². The van der Waals surface area contributed by atoms with E-state index in [0.29, 0.717) is 12.3 Å². The minimum Gasteiger partial charge on any atom is -0.451 e. The van der Waals surface area contributed by atoms with Crippen molar-refractivity contribution < 1.29 is 13.6 Å². The molecule has 1 aromatic heterocycles. The van der Waals surface area contributed by atoms with Crippen LogP contribution in [0.1, 0.15) is 35.5 Å². The van der Waals surface area contributed by atoms with Gasteiger partial charge in [-0.15, -0.1) is 0 Å². The lowest BCUT2D eigenvalue weighted by molar-refractivity contribution is 0.0269. The highest BCUT2D eigenvalue weighted by Crippen LogP contribution is 2.25. The number of aryl methyl sites for hydroxylation is 1. The molecule has 0 bridgehead atoms. The minimum absolute atomic E-state index is 0.0605. The van der Waals surface area contributed by atoms with Gasteiger partial charge in [-0.2, -0.15) is 0 Å². The van der Waals surface area contributed by atoms with E-state index in [-0.39, 0.29) is 23.8 Å². The van der Waals surface area contributed by atoms with Crippen molar-refractivity contribution in [1.82, 2.24) is 9.80 Å². The molecule has 28 heavy (non-hydrogen) atoms. The van der Waals surface area contributed by atoms with Crippen LogP contribution in [-0.2, 0) is 6.54 Å². The Labute approximate surface area is 164 Å². The van der Waals surface area contributed by atoms with Gasteiger partial charge < -0.3 is 9.32 Å². The van der Waals surface area contributed by atoms with E-state index < -0.39 is 0 Å². The van der Waals surface area contributed by atoms with Crippen molar-refractivity contribution in [3.8, 4) is 0 Å². The van der Waals surface area contributed by atoms with Crippen molar-refractivity contribution >= 4 is 16.9 Å². The third kappa shape index (κ3) is 3.67. The van der Waals surface area contributed by atoms with Gasteiger partial charge >= 0.3 is 0 Å². The number of carbonyl (C=O) groups excluding carboxylic acids is 1. The molecule has 1 saturated heterocycles. The molecule has 0 unspecified atom stereocenters. The number of hydrogen-bond donors (Lipinski definition) is 0. The molecule has 4 nitrogen and oxygen atoms in total. The van der Waals surface area contributed by atoms with E-state index in [1.165, 1.54) is 12.1 Å². The fraction of sp³-hybridized carbons (Fsp3) is 0.348. The zero-order valence-corrected chi connectivity index (χ0v) is 16.5. The van der Waals surface area contributed by atoms with Gasteiger partial charge in [0.05, 0.1) is 0 Å². The van der Waals surface area contributed by atoms with Crippen molar-refractivity contribution in [1.29, 1.82) is 0 Å². The zero-order chi connectivity index (χ0) is 19.8. The highest BCUT2D eigenvalue weighted by atomic mass is 19.1. The number of piperazine rings is 1. The Hall–Kier alpha value is -2.66. The molecule has 1 fully saturated rings. The number of hydrogen-bond acceptors (Lipinski definition) is 3. The first kappa shape index (κ1) is 18.7. The topological polar surface area (TPSA) is 36.7 Å². The van der Waals surface area contributed by atoms with E-state index in [1.54, 1.807) is 0 Å². The van der Waals surface area contributed by atoms with E-state index in [4.69, 9.17) is 4.42 Å². The van der Waals surface area contributed by atoms with Gasteiger partial charge in [0.15, 0.2) is 5.76 Å². The summed E-state index contributed by atoms with van der Waals surface area (Å²) in [5.41, 5.74) is 2.93. The Morgan fingerprint density at radius 3 is 2.57 bits per heavy atom. The molecular formula is C23H25FN2O2. The summed E-state index contributed by atoms with van der Waals surface area (Å²) in [6, 6.07) is 14.7. The van der Waals surface area contributed by atoms with E-state index in [0.717, 1.165) is 35.2 Å². The van der Waals surface area contributed by atoms with Crippen LogP contribution in [0.4, 0.5) is 4.39 Å². The van der Waals surface area contributed by atoms with Crippen molar-refractivity contribution in [3.63, 3.8) is 0 Å². The van der Waals surface area contributed by atoms with Crippen LogP contribution in [-0.4, -0.2) is 40.9 Å². The molecule has 2 atom stereocenters. The van der Waals surface area contributed by atoms with Crippen LogP contribution in [0, 0.1) is 12.7 Å². The summed E-state index contributed by atoms with van der Waals surface area (Å²) in [5.74, 6) is 0.114. The molecule has 3 aromatic rings. The van der Waals surface area contributed by atoms with E-state index >= 15 is 0 Å². The lowest BCUT2D eigenvalue weighted by Gasteiger charge is -2.43. The van der Waals surface area contributed by atoms with Gasteiger partial charge in [-0.25, -0.2) is 4.39 Å². The second kappa shape index (κ2) is 7.40. The van der Waals surface area contributed by atoms with Gasteiger partial charge in [-0.3, -0.25) is 9.69 Å². The van der Waals surface area contributed by atoms with Gasteiger partial charge in [-0.1, -0.05) is 24.3 Å². The summed E-state index contributed by atoms with van der Waals surface area (Å²) in [7, 11) is 0. The van der Waals surface area contributed by atoms with Crippen LogP contribution in [0.3, 0.4) is 0 Å². The molecule has 2 heterocycles. The van der Waals surface area contributed by atoms with Crippen LogP contribution in [0.25, 0.3) is 11.0 Å². The number of nitrogens with zero attached hydrogens (tertiary/aromatic N) is 2. The third-order valence-electron chi connectivity index (χ3n) is 5.56. The second-order valence-corrected chi connectivity index (χ2v) is 7.86. The molecule has 146 valence electrons. The molecule has 5 heteroatoms. The summed E-state index contributed by atoms with van der Waals surface area (Å²) in [5, 5.41) is 0.949. The summed E-state index contributed by atoms with van der Waals surface area (Å²) >= 11 is 0. The quantitative estimate of drug-likeness (QED) is 0.666. The summed E-state index contributed by atoms with van der Waals surface area (Å²) in [6.07, 6.45) is 0. The molecule has 0 spiro atoms. The molecule has 1 aliphatic rings. The maximum absolute atomic E-state index is 13.1. The van der Waals surface area contributed by atoms with Crippen molar-refractivity contribution in [2.45, 2.75) is 39.4 Å². The third-order valence-corrected chi connectivity index (χ3v) is 5.56. The average molecular weight is 380 g/mol. The molecule has 0 N–H and O–H groups in total. The number of rotatable bonds is 3. The fourth-order valence-electron chi connectivity index (χ4n) is 3.91. The molecule has 0 aliphatic carbocycles. The number of furan rings is 1. The first-order chi connectivity index (χ1) is 13.4. The molecule has 0 radical (unpaired) electrons. The molecule has 4 rings (SSSR count). The summed E-state index contributed by atoms with van der Waals surface area (Å²) in [4.78, 5) is 17.3. The normalized spacial score (nSPS) is 20.6. The second-order valence-electron chi connectivity index (χ2n) is 7.86. The van der Waals surface area contributed by atoms with Crippen molar-refractivity contribution in [3.05, 3.63) is 71.2 Å². The highest BCUT2D eigenvalue weighted by Gasteiger charge is 2.33. The van der Waals surface area contributed by atoms with Crippen LogP contribution >= 0.6 is 0 Å². The maximum Gasteiger partial charge on any atom is 0.289 e. The summed E-state index contributed by atoms with van der Waals surface area (Å²) in [6.45, 7) is 8.35. The van der Waals surface area contributed by atoms with Crippen LogP contribution in [0.5, 0.6) is 0 Å². The predicted octanol–water partition coefficient (Wildman–Crippen LogP) is 4.62. The van der Waals surface area contributed by atoms with Crippen LogP contribution in [0.2, 0.25) is 0 Å². The Morgan fingerprint density at radius 2 is 1.82 bits per heavy atom. The van der Waals surface area contributed by atoms with Crippen LogP contribution < -0.4 is 0 Å². The first-order valence-electron chi connectivity index (χ1n) is 9.70. The number of benzene rings is 2. The van der Waals surface area contributed by atoms with Gasteiger partial charge in [0.25, 0.3) is 5.91 Å². The fourth-order valence-corrected chi connectivity index (χ4v) is 3.91. The Balaban J connectivity index is 1.48.